The molecule has 0 spiro atoms. The summed E-state index contributed by atoms with van der Waals surface area (Å²) in [5.74, 6) is 0.613. The zero-order chi connectivity index (χ0) is 9.10. The maximum Gasteiger partial charge on any atom is 0.0408 e. The Hall–Kier alpha value is -1.42. The lowest BCUT2D eigenvalue weighted by atomic mass is 10.1. The number of hydrogen-bond donors (Lipinski definition) is 0. The van der Waals surface area contributed by atoms with Gasteiger partial charge in [0.15, 0.2) is 0 Å². The molecule has 66 valence electrons. The molecular weight excluding hydrogens is 188 g/mol. The van der Waals surface area contributed by atoms with Crippen LogP contribution in [0.2, 0.25) is 5.02 Å². The first-order chi connectivity index (χ1) is 6.34. The third kappa shape index (κ3) is 2.03. The number of nitrogens with zero attached hydrogens (tertiary/aromatic N) is 4. The van der Waals surface area contributed by atoms with E-state index in [2.05, 4.69) is 20.6 Å². The average molecular weight is 194 g/mol. The second-order valence-corrected chi connectivity index (χ2v) is 3.04. The van der Waals surface area contributed by atoms with Gasteiger partial charge in [-0.15, -0.1) is 0 Å². The van der Waals surface area contributed by atoms with Gasteiger partial charge in [0.05, 0.1) is 0 Å². The van der Waals surface area contributed by atoms with Crippen molar-refractivity contribution in [3.8, 4) is 0 Å². The lowest BCUT2D eigenvalue weighted by molar-refractivity contribution is 0.871. The lowest BCUT2D eigenvalue weighted by Crippen LogP contribution is -1.92. The molecule has 0 bridgehead atoms. The summed E-state index contributed by atoms with van der Waals surface area (Å²) in [6.45, 7) is 0. The number of benzene rings is 1. The summed E-state index contributed by atoms with van der Waals surface area (Å²) in [5.41, 5.74) is 1.06. The van der Waals surface area contributed by atoms with E-state index in [9.17, 15) is 0 Å². The molecule has 0 saturated heterocycles. The fourth-order valence-electron chi connectivity index (χ4n) is 1.06. The molecule has 5 heteroatoms. The zero-order valence-electron chi connectivity index (χ0n) is 6.68. The van der Waals surface area contributed by atoms with Crippen molar-refractivity contribution in [3.05, 3.63) is 40.7 Å². The molecular formula is C8H6ClN4-. The van der Waals surface area contributed by atoms with E-state index in [4.69, 9.17) is 11.6 Å². The molecule has 2 rings (SSSR count). The van der Waals surface area contributed by atoms with Crippen LogP contribution >= 0.6 is 11.6 Å². The highest BCUT2D eigenvalue weighted by atomic mass is 35.5. The fraction of sp³-hybridized carbons (Fsp3) is 0.125. The Labute approximate surface area is 79.9 Å². The van der Waals surface area contributed by atoms with Crippen LogP contribution in [0.15, 0.2) is 24.3 Å². The Morgan fingerprint density at radius 3 is 3.00 bits per heavy atom. The molecule has 2 aromatic rings. The molecule has 0 fully saturated rings. The predicted octanol–water partition coefficient (Wildman–Crippen LogP) is 1.07. The quantitative estimate of drug-likeness (QED) is 0.716. The van der Waals surface area contributed by atoms with Gasteiger partial charge in [0.25, 0.3) is 0 Å². The van der Waals surface area contributed by atoms with Gasteiger partial charge in [0, 0.05) is 17.3 Å². The Morgan fingerprint density at radius 2 is 2.31 bits per heavy atom. The third-order valence-electron chi connectivity index (χ3n) is 1.61. The first kappa shape index (κ1) is 8.19. The molecule has 0 amide bonds. The molecule has 0 unspecified atom stereocenters. The molecule has 0 aliphatic rings. The van der Waals surface area contributed by atoms with E-state index in [0.29, 0.717) is 17.3 Å². The lowest BCUT2D eigenvalue weighted by Gasteiger charge is -2.00. The van der Waals surface area contributed by atoms with Crippen LogP contribution in [0.4, 0.5) is 0 Å². The number of tetrazole rings is 1. The van der Waals surface area contributed by atoms with Crippen LogP contribution in [0.5, 0.6) is 0 Å². The Balaban J connectivity index is 2.19. The van der Waals surface area contributed by atoms with Crippen molar-refractivity contribution in [2.45, 2.75) is 6.42 Å². The summed E-state index contributed by atoms with van der Waals surface area (Å²) in [5, 5.41) is 15.0. The minimum Gasteiger partial charge on any atom is -0.335 e. The summed E-state index contributed by atoms with van der Waals surface area (Å²) in [4.78, 5) is 0. The Kier molecular flexibility index (Phi) is 2.23. The van der Waals surface area contributed by atoms with Crippen molar-refractivity contribution in [3.63, 3.8) is 0 Å². The van der Waals surface area contributed by atoms with Gasteiger partial charge in [-0.2, -0.15) is 5.21 Å². The topological polar surface area (TPSA) is 52.8 Å². The summed E-state index contributed by atoms with van der Waals surface area (Å²) < 4.78 is 0. The van der Waals surface area contributed by atoms with E-state index in [1.807, 2.05) is 24.3 Å². The molecule has 0 atom stereocenters. The normalized spacial score (nSPS) is 10.2. The van der Waals surface area contributed by atoms with Crippen molar-refractivity contribution >= 4 is 11.6 Å². The van der Waals surface area contributed by atoms with E-state index in [0.717, 1.165) is 5.56 Å². The third-order valence-corrected chi connectivity index (χ3v) is 1.85. The van der Waals surface area contributed by atoms with E-state index in [-0.39, 0.29) is 0 Å². The van der Waals surface area contributed by atoms with E-state index >= 15 is 0 Å². The fourth-order valence-corrected chi connectivity index (χ4v) is 1.28. The van der Waals surface area contributed by atoms with Crippen molar-refractivity contribution in [1.82, 2.24) is 20.6 Å². The highest BCUT2D eigenvalue weighted by Gasteiger charge is 1.94. The molecule has 0 saturated carbocycles. The minimum absolute atomic E-state index is 0.613. The van der Waals surface area contributed by atoms with E-state index < -0.39 is 0 Å². The van der Waals surface area contributed by atoms with Crippen molar-refractivity contribution < 1.29 is 0 Å². The maximum atomic E-state index is 5.81. The van der Waals surface area contributed by atoms with Gasteiger partial charge in [-0.3, -0.25) is 10.3 Å². The summed E-state index contributed by atoms with van der Waals surface area (Å²) in [6.07, 6.45) is 0.619. The summed E-state index contributed by atoms with van der Waals surface area (Å²) in [6, 6.07) is 7.55. The van der Waals surface area contributed by atoms with Crippen LogP contribution in [0, 0.1) is 0 Å². The largest absolute Gasteiger partial charge is 0.335 e. The predicted molar refractivity (Wildman–Crippen MR) is 47.4 cm³/mol. The van der Waals surface area contributed by atoms with E-state index in [1.165, 1.54) is 0 Å². The van der Waals surface area contributed by atoms with Gasteiger partial charge in [-0.05, 0) is 17.7 Å². The van der Waals surface area contributed by atoms with Crippen molar-refractivity contribution in [2.24, 2.45) is 0 Å². The van der Waals surface area contributed by atoms with Gasteiger partial charge < -0.3 is 5.10 Å². The highest BCUT2D eigenvalue weighted by molar-refractivity contribution is 6.30. The second-order valence-electron chi connectivity index (χ2n) is 2.60. The van der Waals surface area contributed by atoms with Gasteiger partial charge >= 0.3 is 0 Å². The van der Waals surface area contributed by atoms with Crippen LogP contribution in [0.1, 0.15) is 11.4 Å². The smallest absolute Gasteiger partial charge is 0.0408 e. The molecule has 0 N–H and O–H groups in total. The maximum absolute atomic E-state index is 5.81. The van der Waals surface area contributed by atoms with Crippen LogP contribution in [-0.4, -0.2) is 15.5 Å². The van der Waals surface area contributed by atoms with Gasteiger partial charge in [0.1, 0.15) is 0 Å². The van der Waals surface area contributed by atoms with Crippen LogP contribution < -0.4 is 5.10 Å². The SMILES string of the molecule is Clc1cccc(Cc2nnn[n-]2)c1. The first-order valence-electron chi connectivity index (χ1n) is 3.76. The molecule has 0 aliphatic heterocycles. The second kappa shape index (κ2) is 3.53. The Morgan fingerprint density at radius 1 is 1.38 bits per heavy atom. The molecule has 0 radical (unpaired) electrons. The first-order valence-corrected chi connectivity index (χ1v) is 4.14. The molecule has 1 aromatic heterocycles. The standard InChI is InChI=1S/C8H6ClN4/c9-7-3-1-2-6(4-7)5-8-10-12-13-11-8/h1-4H,5H2/q-1. The number of hydrogen-bond acceptors (Lipinski definition) is 3. The number of halogens is 1. The summed E-state index contributed by atoms with van der Waals surface area (Å²) >= 11 is 5.81. The van der Waals surface area contributed by atoms with Crippen molar-refractivity contribution in [2.75, 3.05) is 0 Å². The van der Waals surface area contributed by atoms with Crippen molar-refractivity contribution in [1.29, 1.82) is 0 Å². The molecule has 1 heterocycles. The molecule has 1 aromatic carbocycles. The van der Waals surface area contributed by atoms with Gasteiger partial charge in [-0.1, -0.05) is 23.7 Å². The monoisotopic (exact) mass is 193 g/mol. The molecule has 0 aliphatic carbocycles. The van der Waals surface area contributed by atoms with Crippen LogP contribution in [0.25, 0.3) is 0 Å². The number of aromatic nitrogens is 4. The molecule has 13 heavy (non-hydrogen) atoms. The average Bonchev–Trinajstić information content (AvgIpc) is 2.57. The Bertz CT molecular complexity index is 385. The number of rotatable bonds is 2. The highest BCUT2D eigenvalue weighted by Crippen LogP contribution is 2.12. The van der Waals surface area contributed by atoms with Crippen LogP contribution in [-0.2, 0) is 6.42 Å². The van der Waals surface area contributed by atoms with Crippen LogP contribution in [0.3, 0.4) is 0 Å². The van der Waals surface area contributed by atoms with Gasteiger partial charge in [0.2, 0.25) is 0 Å². The van der Waals surface area contributed by atoms with E-state index in [1.54, 1.807) is 0 Å². The summed E-state index contributed by atoms with van der Waals surface area (Å²) in [7, 11) is 0. The van der Waals surface area contributed by atoms with Gasteiger partial charge in [-0.25, -0.2) is 0 Å². The zero-order valence-corrected chi connectivity index (χ0v) is 7.44. The molecule has 4 nitrogen and oxygen atoms in total. The minimum atomic E-state index is 0.613.